The third-order valence-electron chi connectivity index (χ3n) is 1.62. The minimum Gasteiger partial charge on any atom is -0.270 e. The van der Waals surface area contributed by atoms with E-state index in [1.165, 1.54) is 5.56 Å². The first-order valence-electron chi connectivity index (χ1n) is 4.10. The van der Waals surface area contributed by atoms with E-state index in [4.69, 9.17) is 0 Å². The highest BCUT2D eigenvalue weighted by Gasteiger charge is 1.87. The molecule has 0 aliphatic carbocycles. The highest BCUT2D eigenvalue weighted by molar-refractivity contribution is 5.58. The van der Waals surface area contributed by atoms with Gasteiger partial charge in [-0.2, -0.15) is 0 Å². The molecule has 0 aliphatic rings. The molecule has 0 aliphatic heterocycles. The van der Waals surface area contributed by atoms with E-state index in [1.54, 1.807) is 6.20 Å². The average Bonchev–Trinajstić information content (AvgIpc) is 2.14. The molecule has 0 aromatic heterocycles. The van der Waals surface area contributed by atoms with Gasteiger partial charge in [-0.15, -0.1) is 0 Å². The molecule has 1 aromatic carbocycles. The van der Waals surface area contributed by atoms with Gasteiger partial charge in [-0.3, -0.25) is 4.99 Å². The second-order valence-corrected chi connectivity index (χ2v) is 2.54. The fourth-order valence-electron chi connectivity index (χ4n) is 1.02. The highest BCUT2D eigenvalue weighted by atomic mass is 14.6. The Labute approximate surface area is 73.5 Å². The molecule has 0 atom stereocenters. The Morgan fingerprint density at radius 1 is 1.25 bits per heavy atom. The van der Waals surface area contributed by atoms with Crippen LogP contribution in [0.25, 0.3) is 0 Å². The lowest BCUT2D eigenvalue weighted by Crippen LogP contribution is -1.84. The zero-order valence-electron chi connectivity index (χ0n) is 7.11. The topological polar surface area (TPSA) is 12.4 Å². The van der Waals surface area contributed by atoms with E-state index < -0.39 is 0 Å². The number of benzene rings is 1. The Kier molecular flexibility index (Phi) is 3.86. The van der Waals surface area contributed by atoms with Crippen LogP contribution in [0.1, 0.15) is 12.0 Å². The minimum absolute atomic E-state index is 0.982. The van der Waals surface area contributed by atoms with Crippen LogP contribution in [0, 0.1) is 0 Å². The van der Waals surface area contributed by atoms with Crippen molar-refractivity contribution in [3.63, 3.8) is 0 Å². The second kappa shape index (κ2) is 5.30. The Hall–Kier alpha value is -1.37. The SMILES string of the molecule is C=CN=CCCc1ccccc1. The maximum Gasteiger partial charge on any atom is 0.0191 e. The summed E-state index contributed by atoms with van der Waals surface area (Å²) in [7, 11) is 0. The third-order valence-corrected chi connectivity index (χ3v) is 1.62. The molecule has 0 heterocycles. The van der Waals surface area contributed by atoms with Gasteiger partial charge in [0.25, 0.3) is 0 Å². The molecule has 0 saturated heterocycles. The van der Waals surface area contributed by atoms with Crippen molar-refractivity contribution in [1.29, 1.82) is 0 Å². The van der Waals surface area contributed by atoms with E-state index >= 15 is 0 Å². The first kappa shape index (κ1) is 8.72. The Morgan fingerprint density at radius 3 is 2.67 bits per heavy atom. The fourth-order valence-corrected chi connectivity index (χ4v) is 1.02. The molecule has 0 radical (unpaired) electrons. The van der Waals surface area contributed by atoms with Gasteiger partial charge in [0.1, 0.15) is 0 Å². The zero-order chi connectivity index (χ0) is 8.65. The summed E-state index contributed by atoms with van der Waals surface area (Å²) in [4.78, 5) is 3.93. The smallest absolute Gasteiger partial charge is 0.0191 e. The molecule has 0 unspecified atom stereocenters. The molecule has 1 nitrogen and oxygen atoms in total. The van der Waals surface area contributed by atoms with Gasteiger partial charge in [0.2, 0.25) is 0 Å². The lowest BCUT2D eigenvalue weighted by atomic mass is 10.1. The number of aliphatic imine (C=N–C) groups is 1. The van der Waals surface area contributed by atoms with Crippen LogP contribution in [0.3, 0.4) is 0 Å². The molecule has 0 spiro atoms. The van der Waals surface area contributed by atoms with Crippen molar-refractivity contribution in [1.82, 2.24) is 0 Å². The van der Waals surface area contributed by atoms with E-state index in [1.807, 2.05) is 12.3 Å². The van der Waals surface area contributed by atoms with Crippen LogP contribution in [0.15, 0.2) is 48.1 Å². The summed E-state index contributed by atoms with van der Waals surface area (Å²) in [6, 6.07) is 10.4. The molecule has 0 bridgehead atoms. The fraction of sp³-hybridized carbons (Fsp3) is 0.182. The van der Waals surface area contributed by atoms with Gasteiger partial charge >= 0.3 is 0 Å². The molecule has 0 fully saturated rings. The molecule has 1 heteroatoms. The summed E-state index contributed by atoms with van der Waals surface area (Å²) >= 11 is 0. The summed E-state index contributed by atoms with van der Waals surface area (Å²) in [5, 5.41) is 0. The van der Waals surface area contributed by atoms with E-state index in [9.17, 15) is 0 Å². The minimum atomic E-state index is 0.982. The van der Waals surface area contributed by atoms with Gasteiger partial charge in [0.05, 0.1) is 0 Å². The maximum absolute atomic E-state index is 3.93. The van der Waals surface area contributed by atoms with Crippen molar-refractivity contribution in [2.24, 2.45) is 4.99 Å². The predicted octanol–water partition coefficient (Wildman–Crippen LogP) is 2.83. The van der Waals surface area contributed by atoms with Crippen molar-refractivity contribution >= 4 is 6.21 Å². The van der Waals surface area contributed by atoms with Crippen molar-refractivity contribution < 1.29 is 0 Å². The molecule has 0 N–H and O–H groups in total. The van der Waals surface area contributed by atoms with Gasteiger partial charge < -0.3 is 0 Å². The lowest BCUT2D eigenvalue weighted by Gasteiger charge is -1.94. The van der Waals surface area contributed by atoms with Gasteiger partial charge in [-0.1, -0.05) is 36.9 Å². The summed E-state index contributed by atoms with van der Waals surface area (Å²) in [6.45, 7) is 3.51. The Bertz CT molecular complexity index is 249. The monoisotopic (exact) mass is 159 g/mol. The largest absolute Gasteiger partial charge is 0.270 e. The summed E-state index contributed by atoms with van der Waals surface area (Å²) in [5.41, 5.74) is 1.35. The van der Waals surface area contributed by atoms with E-state index in [2.05, 4.69) is 35.8 Å². The molecule has 0 amide bonds. The van der Waals surface area contributed by atoms with Crippen LogP contribution in [-0.2, 0) is 6.42 Å². The predicted molar refractivity (Wildman–Crippen MR) is 53.5 cm³/mol. The molecule has 0 saturated carbocycles. The van der Waals surface area contributed by atoms with Crippen molar-refractivity contribution in [3.8, 4) is 0 Å². The van der Waals surface area contributed by atoms with E-state index in [0.717, 1.165) is 12.8 Å². The molecular formula is C11H13N. The summed E-state index contributed by atoms with van der Waals surface area (Å²) in [6.07, 6.45) is 5.49. The molecule has 1 rings (SSSR count). The van der Waals surface area contributed by atoms with Gasteiger partial charge in [-0.05, 0) is 18.4 Å². The Balaban J connectivity index is 2.33. The first-order chi connectivity index (χ1) is 5.93. The van der Waals surface area contributed by atoms with Crippen LogP contribution in [0.4, 0.5) is 0 Å². The van der Waals surface area contributed by atoms with Gasteiger partial charge in [-0.25, -0.2) is 0 Å². The molecule has 12 heavy (non-hydrogen) atoms. The number of nitrogens with zero attached hydrogens (tertiary/aromatic N) is 1. The van der Waals surface area contributed by atoms with Crippen LogP contribution in [0.5, 0.6) is 0 Å². The number of hydrogen-bond donors (Lipinski definition) is 0. The van der Waals surface area contributed by atoms with Crippen LogP contribution in [0.2, 0.25) is 0 Å². The number of aryl methyl sites for hydroxylation is 1. The highest BCUT2D eigenvalue weighted by Crippen LogP contribution is 2.00. The van der Waals surface area contributed by atoms with E-state index in [0.29, 0.717) is 0 Å². The van der Waals surface area contributed by atoms with Crippen LogP contribution in [-0.4, -0.2) is 6.21 Å². The van der Waals surface area contributed by atoms with Crippen molar-refractivity contribution in [2.75, 3.05) is 0 Å². The second-order valence-electron chi connectivity index (χ2n) is 2.54. The van der Waals surface area contributed by atoms with E-state index in [-0.39, 0.29) is 0 Å². The first-order valence-corrected chi connectivity index (χ1v) is 4.10. The standard InChI is InChI=1S/C11H13N/c1-2-12-10-6-9-11-7-4-3-5-8-11/h2-5,7-8,10H,1,6,9H2. The third kappa shape index (κ3) is 3.15. The molecule has 62 valence electrons. The van der Waals surface area contributed by atoms with Crippen LogP contribution >= 0.6 is 0 Å². The van der Waals surface area contributed by atoms with Crippen LogP contribution < -0.4 is 0 Å². The normalized spacial score (nSPS) is 10.3. The number of rotatable bonds is 4. The summed E-state index contributed by atoms with van der Waals surface area (Å²) < 4.78 is 0. The average molecular weight is 159 g/mol. The lowest BCUT2D eigenvalue weighted by molar-refractivity contribution is 1.05. The summed E-state index contributed by atoms with van der Waals surface area (Å²) in [5.74, 6) is 0. The maximum atomic E-state index is 3.93. The number of hydrogen-bond acceptors (Lipinski definition) is 1. The van der Waals surface area contributed by atoms with Crippen molar-refractivity contribution in [3.05, 3.63) is 48.7 Å². The zero-order valence-corrected chi connectivity index (χ0v) is 7.11. The van der Waals surface area contributed by atoms with Gasteiger partial charge in [0.15, 0.2) is 0 Å². The molecular weight excluding hydrogens is 146 g/mol. The quantitative estimate of drug-likeness (QED) is 0.599. The van der Waals surface area contributed by atoms with Crippen molar-refractivity contribution in [2.45, 2.75) is 12.8 Å². The Morgan fingerprint density at radius 2 is 2.00 bits per heavy atom. The van der Waals surface area contributed by atoms with Gasteiger partial charge in [0, 0.05) is 12.4 Å². The molecule has 1 aromatic rings.